The van der Waals surface area contributed by atoms with Gasteiger partial charge in [0.15, 0.2) is 5.96 Å². The molecule has 2 aliphatic rings. The lowest BCUT2D eigenvalue weighted by molar-refractivity contribution is 0.0203. The van der Waals surface area contributed by atoms with Crippen molar-refractivity contribution in [3.63, 3.8) is 0 Å². The molecule has 0 bridgehead atoms. The normalized spacial score (nSPS) is 20.7. The van der Waals surface area contributed by atoms with E-state index in [2.05, 4.69) is 39.9 Å². The van der Waals surface area contributed by atoms with Gasteiger partial charge in [-0.1, -0.05) is 24.3 Å². The Labute approximate surface area is 151 Å². The Morgan fingerprint density at radius 3 is 2.88 bits per heavy atom. The second-order valence-electron chi connectivity index (χ2n) is 6.96. The molecular weight excluding hydrogens is 314 g/mol. The molecule has 1 heterocycles. The number of fused-ring (bicyclic) bond motifs is 1. The summed E-state index contributed by atoms with van der Waals surface area (Å²) in [5.41, 5.74) is 2.96. The lowest BCUT2D eigenvalue weighted by Crippen LogP contribution is -2.41. The molecule has 1 saturated heterocycles. The van der Waals surface area contributed by atoms with Gasteiger partial charge in [-0.2, -0.15) is 0 Å². The Bertz CT molecular complexity index is 556. The minimum Gasteiger partial charge on any atom is -0.381 e. The van der Waals surface area contributed by atoms with Gasteiger partial charge >= 0.3 is 0 Å². The van der Waals surface area contributed by atoms with Crippen molar-refractivity contribution in [2.24, 2.45) is 10.9 Å². The average molecular weight is 345 g/mol. The average Bonchev–Trinajstić information content (AvgIpc) is 2.64. The maximum Gasteiger partial charge on any atom is 0.190 e. The zero-order valence-electron chi connectivity index (χ0n) is 15.3. The van der Waals surface area contributed by atoms with E-state index < -0.39 is 0 Å². The standard InChI is InChI=1S/C20H31N3O2/c1-21-20(23-14-18-13-17-5-2-3-6-19(17)18)22-9-4-10-25-15-16-7-11-24-12-8-16/h2-3,5-6,16,18H,4,7-15H2,1H3,(H2,21,22,23). The molecule has 0 spiro atoms. The topological polar surface area (TPSA) is 54.9 Å². The van der Waals surface area contributed by atoms with E-state index in [1.165, 1.54) is 17.5 Å². The van der Waals surface area contributed by atoms with Gasteiger partial charge in [0.1, 0.15) is 0 Å². The molecule has 1 atom stereocenters. The highest BCUT2D eigenvalue weighted by Gasteiger charge is 2.25. The van der Waals surface area contributed by atoms with Crippen LogP contribution in [-0.4, -0.2) is 52.5 Å². The number of rotatable bonds is 8. The van der Waals surface area contributed by atoms with E-state index in [1.807, 2.05) is 7.05 Å². The number of nitrogens with one attached hydrogen (secondary N) is 2. The quantitative estimate of drug-likeness (QED) is 0.431. The van der Waals surface area contributed by atoms with E-state index in [1.54, 1.807) is 0 Å². The van der Waals surface area contributed by atoms with E-state index in [0.29, 0.717) is 11.8 Å². The minimum atomic E-state index is 0.609. The van der Waals surface area contributed by atoms with Crippen molar-refractivity contribution in [2.45, 2.75) is 31.6 Å². The van der Waals surface area contributed by atoms with Gasteiger partial charge in [-0.05, 0) is 42.7 Å². The molecule has 0 amide bonds. The van der Waals surface area contributed by atoms with Gasteiger partial charge in [-0.15, -0.1) is 0 Å². The summed E-state index contributed by atoms with van der Waals surface area (Å²) in [5, 5.41) is 6.81. The first-order valence-electron chi connectivity index (χ1n) is 9.54. The fraction of sp³-hybridized carbons (Fsp3) is 0.650. The van der Waals surface area contributed by atoms with E-state index in [-0.39, 0.29) is 0 Å². The molecule has 25 heavy (non-hydrogen) atoms. The van der Waals surface area contributed by atoms with Crippen LogP contribution in [0.4, 0.5) is 0 Å². The Balaban J connectivity index is 1.23. The third kappa shape index (κ3) is 5.44. The van der Waals surface area contributed by atoms with Crippen LogP contribution in [0.25, 0.3) is 0 Å². The molecule has 1 aromatic carbocycles. The number of ether oxygens (including phenoxy) is 2. The number of guanidine groups is 1. The summed E-state index contributed by atoms with van der Waals surface area (Å²) in [6.07, 6.45) is 4.44. The summed E-state index contributed by atoms with van der Waals surface area (Å²) in [6.45, 7) is 5.28. The second kappa shape index (κ2) is 9.78. The zero-order valence-corrected chi connectivity index (χ0v) is 15.3. The Morgan fingerprint density at radius 2 is 2.08 bits per heavy atom. The molecule has 0 saturated carbocycles. The SMILES string of the molecule is CN=C(NCCCOCC1CCOCC1)NCC1Cc2ccccc21. The predicted molar refractivity (Wildman–Crippen MR) is 101 cm³/mol. The van der Waals surface area contributed by atoms with Crippen LogP contribution in [0.3, 0.4) is 0 Å². The third-order valence-electron chi connectivity index (χ3n) is 5.15. The molecule has 138 valence electrons. The first-order chi connectivity index (χ1) is 12.4. The van der Waals surface area contributed by atoms with Crippen LogP contribution in [0.5, 0.6) is 0 Å². The monoisotopic (exact) mass is 345 g/mol. The summed E-state index contributed by atoms with van der Waals surface area (Å²) in [6, 6.07) is 8.70. The fourth-order valence-corrected chi connectivity index (χ4v) is 3.53. The van der Waals surface area contributed by atoms with Crippen molar-refractivity contribution < 1.29 is 9.47 Å². The Hall–Kier alpha value is -1.59. The number of hydrogen-bond acceptors (Lipinski definition) is 3. The van der Waals surface area contributed by atoms with Crippen LogP contribution in [0.15, 0.2) is 29.3 Å². The smallest absolute Gasteiger partial charge is 0.190 e. The molecule has 1 unspecified atom stereocenters. The Morgan fingerprint density at radius 1 is 1.24 bits per heavy atom. The molecule has 1 aliphatic carbocycles. The van der Waals surface area contributed by atoms with Gasteiger partial charge in [0, 0.05) is 52.5 Å². The maximum absolute atomic E-state index is 5.80. The van der Waals surface area contributed by atoms with E-state index in [4.69, 9.17) is 9.47 Å². The fourth-order valence-electron chi connectivity index (χ4n) is 3.53. The summed E-state index contributed by atoms with van der Waals surface area (Å²) in [7, 11) is 1.83. The number of aliphatic imine (C=N–C) groups is 1. The van der Waals surface area contributed by atoms with Gasteiger partial charge in [-0.3, -0.25) is 4.99 Å². The van der Waals surface area contributed by atoms with Crippen LogP contribution < -0.4 is 10.6 Å². The van der Waals surface area contributed by atoms with Crippen LogP contribution in [0.1, 0.15) is 36.3 Å². The molecule has 0 radical (unpaired) electrons. The number of hydrogen-bond donors (Lipinski definition) is 2. The predicted octanol–water partition coefficient (Wildman–Crippen LogP) is 2.32. The molecule has 1 fully saturated rings. The van der Waals surface area contributed by atoms with Crippen molar-refractivity contribution >= 4 is 5.96 Å². The molecule has 5 heteroatoms. The molecule has 1 aliphatic heterocycles. The molecule has 5 nitrogen and oxygen atoms in total. The molecule has 0 aromatic heterocycles. The van der Waals surface area contributed by atoms with Crippen LogP contribution in [0.2, 0.25) is 0 Å². The molecule has 1 aromatic rings. The lowest BCUT2D eigenvalue weighted by Gasteiger charge is -2.30. The van der Waals surface area contributed by atoms with Gasteiger partial charge in [0.25, 0.3) is 0 Å². The molecule has 2 N–H and O–H groups in total. The minimum absolute atomic E-state index is 0.609. The van der Waals surface area contributed by atoms with Crippen molar-refractivity contribution in [3.05, 3.63) is 35.4 Å². The van der Waals surface area contributed by atoms with Crippen LogP contribution in [0, 0.1) is 5.92 Å². The van der Waals surface area contributed by atoms with E-state index in [0.717, 1.165) is 64.7 Å². The van der Waals surface area contributed by atoms with E-state index in [9.17, 15) is 0 Å². The highest BCUT2D eigenvalue weighted by atomic mass is 16.5. The highest BCUT2D eigenvalue weighted by Crippen LogP contribution is 2.33. The van der Waals surface area contributed by atoms with E-state index >= 15 is 0 Å². The van der Waals surface area contributed by atoms with Crippen molar-refractivity contribution in [1.29, 1.82) is 0 Å². The number of nitrogens with zero attached hydrogens (tertiary/aromatic N) is 1. The first-order valence-corrected chi connectivity index (χ1v) is 9.54. The second-order valence-corrected chi connectivity index (χ2v) is 6.96. The largest absolute Gasteiger partial charge is 0.381 e. The van der Waals surface area contributed by atoms with Crippen molar-refractivity contribution in [3.8, 4) is 0 Å². The Kier molecular flexibility index (Phi) is 7.12. The van der Waals surface area contributed by atoms with Crippen molar-refractivity contribution in [2.75, 3.05) is 46.6 Å². The van der Waals surface area contributed by atoms with Gasteiger partial charge in [-0.25, -0.2) is 0 Å². The van der Waals surface area contributed by atoms with Crippen LogP contribution in [-0.2, 0) is 15.9 Å². The molecular formula is C20H31N3O2. The maximum atomic E-state index is 5.80. The van der Waals surface area contributed by atoms with Crippen LogP contribution >= 0.6 is 0 Å². The first kappa shape index (κ1) is 18.2. The summed E-state index contributed by atoms with van der Waals surface area (Å²) in [5.74, 6) is 2.17. The molecule has 3 rings (SSSR count). The lowest BCUT2D eigenvalue weighted by atomic mass is 9.78. The van der Waals surface area contributed by atoms with Gasteiger partial charge < -0.3 is 20.1 Å². The number of benzene rings is 1. The van der Waals surface area contributed by atoms with Crippen molar-refractivity contribution in [1.82, 2.24) is 10.6 Å². The summed E-state index contributed by atoms with van der Waals surface area (Å²) >= 11 is 0. The third-order valence-corrected chi connectivity index (χ3v) is 5.15. The zero-order chi connectivity index (χ0) is 17.3. The summed E-state index contributed by atoms with van der Waals surface area (Å²) < 4.78 is 11.2. The highest BCUT2D eigenvalue weighted by molar-refractivity contribution is 5.79. The summed E-state index contributed by atoms with van der Waals surface area (Å²) in [4.78, 5) is 4.31. The van der Waals surface area contributed by atoms with Gasteiger partial charge in [0.2, 0.25) is 0 Å². The van der Waals surface area contributed by atoms with Gasteiger partial charge in [0.05, 0.1) is 0 Å².